The third-order valence-corrected chi connectivity index (χ3v) is 3.74. The molecular formula is C15H13BrF2N2O. The quantitative estimate of drug-likeness (QED) is 0.878. The van der Waals surface area contributed by atoms with Crippen molar-refractivity contribution in [2.24, 2.45) is 5.73 Å². The van der Waals surface area contributed by atoms with Crippen molar-refractivity contribution in [3.63, 3.8) is 0 Å². The molecular weight excluding hydrogens is 342 g/mol. The highest BCUT2D eigenvalue weighted by atomic mass is 79.9. The van der Waals surface area contributed by atoms with Crippen molar-refractivity contribution in [3.05, 3.63) is 63.1 Å². The van der Waals surface area contributed by atoms with Gasteiger partial charge in [0.25, 0.3) is 5.91 Å². The van der Waals surface area contributed by atoms with E-state index in [1.165, 1.54) is 0 Å². The highest BCUT2D eigenvalue weighted by molar-refractivity contribution is 9.10. The van der Waals surface area contributed by atoms with Crippen molar-refractivity contribution in [1.29, 1.82) is 0 Å². The zero-order chi connectivity index (χ0) is 15.6. The summed E-state index contributed by atoms with van der Waals surface area (Å²) in [5.41, 5.74) is 6.72. The van der Waals surface area contributed by atoms with Crippen LogP contribution in [0.2, 0.25) is 0 Å². The van der Waals surface area contributed by atoms with Crippen LogP contribution in [0.1, 0.15) is 21.5 Å². The average molecular weight is 355 g/mol. The molecule has 6 heteroatoms. The van der Waals surface area contributed by atoms with Crippen LogP contribution in [0.4, 0.5) is 14.5 Å². The van der Waals surface area contributed by atoms with Crippen molar-refractivity contribution in [2.45, 2.75) is 13.5 Å². The Kier molecular flexibility index (Phi) is 4.57. The predicted molar refractivity (Wildman–Crippen MR) is 81.1 cm³/mol. The van der Waals surface area contributed by atoms with Crippen LogP contribution < -0.4 is 11.1 Å². The molecule has 0 saturated carbocycles. The minimum atomic E-state index is -0.970. The van der Waals surface area contributed by atoms with E-state index in [2.05, 4.69) is 21.2 Å². The first-order chi connectivity index (χ1) is 9.88. The molecule has 21 heavy (non-hydrogen) atoms. The first-order valence-electron chi connectivity index (χ1n) is 6.16. The molecule has 0 radical (unpaired) electrons. The number of rotatable bonds is 4. The fraction of sp³-hybridized carbons (Fsp3) is 0.133. The van der Waals surface area contributed by atoms with Gasteiger partial charge in [0.15, 0.2) is 0 Å². The van der Waals surface area contributed by atoms with E-state index < -0.39 is 17.5 Å². The molecule has 0 fully saturated rings. The average Bonchev–Trinajstić information content (AvgIpc) is 2.39. The van der Waals surface area contributed by atoms with Gasteiger partial charge in [0, 0.05) is 17.1 Å². The minimum absolute atomic E-state index is 0.0256. The number of benzene rings is 2. The molecule has 0 atom stereocenters. The molecule has 1 amide bonds. The van der Waals surface area contributed by atoms with Crippen LogP contribution in [-0.4, -0.2) is 5.91 Å². The zero-order valence-electron chi connectivity index (χ0n) is 11.2. The highest BCUT2D eigenvalue weighted by Crippen LogP contribution is 2.23. The summed E-state index contributed by atoms with van der Waals surface area (Å²) in [4.78, 5) is 11.1. The number of nitrogens with two attached hydrogens (primary N) is 1. The molecule has 2 rings (SSSR count). The van der Waals surface area contributed by atoms with E-state index in [4.69, 9.17) is 5.73 Å². The van der Waals surface area contributed by atoms with E-state index in [1.54, 1.807) is 0 Å². The summed E-state index contributed by atoms with van der Waals surface area (Å²) in [7, 11) is 0. The van der Waals surface area contributed by atoms with Crippen LogP contribution in [0.15, 0.2) is 34.8 Å². The Morgan fingerprint density at radius 2 is 1.95 bits per heavy atom. The van der Waals surface area contributed by atoms with Crippen molar-refractivity contribution < 1.29 is 13.6 Å². The van der Waals surface area contributed by atoms with Crippen LogP contribution >= 0.6 is 15.9 Å². The van der Waals surface area contributed by atoms with Gasteiger partial charge in [-0.05, 0) is 30.2 Å². The third-order valence-electron chi connectivity index (χ3n) is 3.00. The smallest absolute Gasteiger partial charge is 0.251 e. The number of amides is 1. The zero-order valence-corrected chi connectivity index (χ0v) is 12.8. The third kappa shape index (κ3) is 3.58. The predicted octanol–water partition coefficient (Wildman–Crippen LogP) is 3.75. The standard InChI is InChI=1S/C15H13BrF2N2O/c1-8-2-3-9(11(16)4-8)7-20-14-5-10(15(19)21)12(17)6-13(14)18/h2-6,20H,7H2,1H3,(H2,19,21). The Morgan fingerprint density at radius 1 is 1.24 bits per heavy atom. The summed E-state index contributed by atoms with van der Waals surface area (Å²) in [6, 6.07) is 7.48. The van der Waals surface area contributed by atoms with Gasteiger partial charge in [-0.1, -0.05) is 28.1 Å². The van der Waals surface area contributed by atoms with Crippen LogP contribution in [0.5, 0.6) is 0 Å². The summed E-state index contributed by atoms with van der Waals surface area (Å²) in [6.07, 6.45) is 0. The molecule has 0 bridgehead atoms. The molecule has 3 N–H and O–H groups in total. The van der Waals surface area contributed by atoms with Gasteiger partial charge < -0.3 is 11.1 Å². The number of carbonyl (C=O) groups is 1. The maximum atomic E-state index is 13.7. The lowest BCUT2D eigenvalue weighted by molar-refractivity contribution is 0.0996. The van der Waals surface area contributed by atoms with Gasteiger partial charge in [0.1, 0.15) is 11.6 Å². The van der Waals surface area contributed by atoms with Gasteiger partial charge in [-0.3, -0.25) is 4.79 Å². The fourth-order valence-electron chi connectivity index (χ4n) is 1.86. The summed E-state index contributed by atoms with van der Waals surface area (Å²) in [6.45, 7) is 2.28. The first kappa shape index (κ1) is 15.4. The van der Waals surface area contributed by atoms with E-state index in [0.29, 0.717) is 12.6 Å². The largest absolute Gasteiger partial charge is 0.379 e. The van der Waals surface area contributed by atoms with E-state index in [1.807, 2.05) is 25.1 Å². The number of primary amides is 1. The molecule has 2 aromatic rings. The topological polar surface area (TPSA) is 55.1 Å². The van der Waals surface area contributed by atoms with E-state index in [0.717, 1.165) is 21.7 Å². The molecule has 0 spiro atoms. The summed E-state index contributed by atoms with van der Waals surface area (Å²) < 4.78 is 28.0. The maximum Gasteiger partial charge on any atom is 0.251 e. The van der Waals surface area contributed by atoms with Gasteiger partial charge in [0.2, 0.25) is 0 Å². The Labute approximate surface area is 129 Å². The van der Waals surface area contributed by atoms with Gasteiger partial charge in [0.05, 0.1) is 11.3 Å². The Balaban J connectivity index is 2.23. The Hall–Kier alpha value is -1.95. The molecule has 0 saturated heterocycles. The number of nitrogens with one attached hydrogen (secondary N) is 1. The number of aryl methyl sites for hydroxylation is 1. The van der Waals surface area contributed by atoms with Crippen LogP contribution in [0.25, 0.3) is 0 Å². The van der Waals surface area contributed by atoms with E-state index in [-0.39, 0.29) is 11.3 Å². The Bertz CT molecular complexity index is 704. The van der Waals surface area contributed by atoms with E-state index >= 15 is 0 Å². The van der Waals surface area contributed by atoms with Gasteiger partial charge in [-0.15, -0.1) is 0 Å². The highest BCUT2D eigenvalue weighted by Gasteiger charge is 2.14. The lowest BCUT2D eigenvalue weighted by Crippen LogP contribution is -2.14. The van der Waals surface area contributed by atoms with Crippen molar-refractivity contribution in [2.75, 3.05) is 5.32 Å². The number of carbonyl (C=O) groups excluding carboxylic acids is 1. The van der Waals surface area contributed by atoms with Crippen LogP contribution in [0.3, 0.4) is 0 Å². The molecule has 3 nitrogen and oxygen atoms in total. The lowest BCUT2D eigenvalue weighted by Gasteiger charge is -2.11. The number of halogens is 3. The maximum absolute atomic E-state index is 13.7. The second-order valence-electron chi connectivity index (χ2n) is 4.62. The molecule has 2 aromatic carbocycles. The molecule has 110 valence electrons. The van der Waals surface area contributed by atoms with Gasteiger partial charge >= 0.3 is 0 Å². The van der Waals surface area contributed by atoms with Gasteiger partial charge in [-0.2, -0.15) is 0 Å². The van der Waals surface area contributed by atoms with E-state index in [9.17, 15) is 13.6 Å². The summed E-state index contributed by atoms with van der Waals surface area (Å²) >= 11 is 3.42. The summed E-state index contributed by atoms with van der Waals surface area (Å²) in [5.74, 6) is -2.69. The molecule has 0 unspecified atom stereocenters. The minimum Gasteiger partial charge on any atom is -0.379 e. The van der Waals surface area contributed by atoms with Crippen molar-refractivity contribution in [1.82, 2.24) is 0 Å². The second kappa shape index (κ2) is 6.22. The molecule has 0 aliphatic carbocycles. The van der Waals surface area contributed by atoms with Gasteiger partial charge in [-0.25, -0.2) is 8.78 Å². The molecule has 0 aromatic heterocycles. The SMILES string of the molecule is Cc1ccc(CNc2cc(C(N)=O)c(F)cc2F)c(Br)c1. The van der Waals surface area contributed by atoms with Crippen LogP contribution in [0, 0.1) is 18.6 Å². The second-order valence-corrected chi connectivity index (χ2v) is 5.48. The van der Waals surface area contributed by atoms with Crippen molar-refractivity contribution in [3.8, 4) is 0 Å². The monoisotopic (exact) mass is 354 g/mol. The number of hydrogen-bond donors (Lipinski definition) is 2. The molecule has 0 aliphatic heterocycles. The van der Waals surface area contributed by atoms with Crippen LogP contribution in [-0.2, 0) is 6.54 Å². The number of hydrogen-bond acceptors (Lipinski definition) is 2. The molecule has 0 heterocycles. The first-order valence-corrected chi connectivity index (χ1v) is 6.95. The molecule has 0 aliphatic rings. The summed E-state index contributed by atoms with van der Waals surface area (Å²) in [5, 5.41) is 2.83. The number of anilines is 1. The fourth-order valence-corrected chi connectivity index (χ4v) is 2.49. The van der Waals surface area contributed by atoms with Crippen molar-refractivity contribution >= 4 is 27.5 Å². The lowest BCUT2D eigenvalue weighted by atomic mass is 10.1. The Morgan fingerprint density at radius 3 is 2.57 bits per heavy atom. The normalized spacial score (nSPS) is 10.5.